The van der Waals surface area contributed by atoms with Gasteiger partial charge in [0.2, 0.25) is 0 Å². The van der Waals surface area contributed by atoms with Gasteiger partial charge in [0.05, 0.1) is 12.8 Å². The van der Waals surface area contributed by atoms with Crippen LogP contribution in [0.1, 0.15) is 44.0 Å². The van der Waals surface area contributed by atoms with E-state index in [2.05, 4.69) is 20.6 Å². The molecule has 3 rings (SSSR count). The predicted molar refractivity (Wildman–Crippen MR) is 104 cm³/mol. The minimum absolute atomic E-state index is 0.0419. The number of cyclic esters (lactones) is 2. The van der Waals surface area contributed by atoms with E-state index in [1.807, 2.05) is 6.92 Å². The van der Waals surface area contributed by atoms with Gasteiger partial charge in [-0.1, -0.05) is 13.0 Å². The summed E-state index contributed by atoms with van der Waals surface area (Å²) in [7, 11) is 0. The lowest BCUT2D eigenvalue weighted by atomic mass is 10.1. The molecular weight excluding hydrogens is 394 g/mol. The van der Waals surface area contributed by atoms with Crippen molar-refractivity contribution in [1.29, 1.82) is 0 Å². The number of aromatic nitrogens is 3. The largest absolute Gasteiger partial charge is 0.462 e. The summed E-state index contributed by atoms with van der Waals surface area (Å²) in [5.41, 5.74) is 1.99. The van der Waals surface area contributed by atoms with Crippen LogP contribution in [0.2, 0.25) is 0 Å². The number of ether oxygens (including phenoxy) is 3. The first kappa shape index (κ1) is 21.0. The Kier molecular flexibility index (Phi) is 6.09. The second-order valence-corrected chi connectivity index (χ2v) is 6.46. The van der Waals surface area contributed by atoms with Gasteiger partial charge in [-0.25, -0.2) is 19.4 Å². The van der Waals surface area contributed by atoms with E-state index >= 15 is 0 Å². The number of carbonyl (C=O) groups is 3. The number of rotatable bonds is 7. The fourth-order valence-corrected chi connectivity index (χ4v) is 2.82. The van der Waals surface area contributed by atoms with Gasteiger partial charge in [0.1, 0.15) is 5.56 Å². The Labute approximate surface area is 172 Å². The van der Waals surface area contributed by atoms with E-state index in [-0.39, 0.29) is 18.0 Å². The molecule has 1 fully saturated rings. The lowest BCUT2D eigenvalue weighted by Crippen LogP contribution is -2.48. The number of pyridine rings is 1. The maximum atomic E-state index is 12.3. The number of hydrogen-bond acceptors (Lipinski definition) is 10. The highest BCUT2D eigenvalue weighted by Gasteiger charge is 2.43. The molecule has 1 N–H and O–H groups in total. The lowest BCUT2D eigenvalue weighted by molar-refractivity contribution is -0.223. The molecule has 3 heterocycles. The van der Waals surface area contributed by atoms with E-state index in [1.54, 1.807) is 31.3 Å². The molecule has 11 heteroatoms. The van der Waals surface area contributed by atoms with Gasteiger partial charge in [-0.05, 0) is 25.5 Å². The molecule has 0 amide bonds. The average molecular weight is 415 g/mol. The van der Waals surface area contributed by atoms with Crippen molar-refractivity contribution >= 4 is 29.4 Å². The molecule has 158 valence electrons. The first-order chi connectivity index (χ1) is 14.4. The van der Waals surface area contributed by atoms with Crippen molar-refractivity contribution in [2.75, 3.05) is 12.0 Å². The molecule has 30 heavy (non-hydrogen) atoms. The van der Waals surface area contributed by atoms with Crippen LogP contribution >= 0.6 is 0 Å². The van der Waals surface area contributed by atoms with E-state index in [4.69, 9.17) is 14.2 Å². The van der Waals surface area contributed by atoms with E-state index in [1.165, 1.54) is 17.8 Å². The van der Waals surface area contributed by atoms with Crippen LogP contribution in [0.3, 0.4) is 0 Å². The SMILES string of the molecule is CCCC1(C)OC(=O)C(=NNc2c(C(=O)OCC)cnn2-c2ccccn2)C(=O)O1. The molecule has 0 radical (unpaired) electrons. The standard InChI is InChI=1S/C19H21N5O6/c1-4-9-19(3)29-17(26)14(18(27)30-19)22-23-15-12(16(25)28-5-2)11-21-24(15)13-8-6-7-10-20-13/h6-8,10-11,23H,4-5,9H2,1-3H3. The van der Waals surface area contributed by atoms with Gasteiger partial charge >= 0.3 is 17.9 Å². The third-order valence-electron chi connectivity index (χ3n) is 4.11. The quantitative estimate of drug-likeness (QED) is 0.531. The summed E-state index contributed by atoms with van der Waals surface area (Å²) < 4.78 is 16.7. The Hall–Kier alpha value is -3.76. The molecule has 2 aromatic rings. The zero-order valence-electron chi connectivity index (χ0n) is 16.7. The van der Waals surface area contributed by atoms with Crippen LogP contribution in [0.5, 0.6) is 0 Å². The molecule has 11 nitrogen and oxygen atoms in total. The van der Waals surface area contributed by atoms with Crippen molar-refractivity contribution in [2.24, 2.45) is 5.10 Å². The van der Waals surface area contributed by atoms with Crippen molar-refractivity contribution in [3.05, 3.63) is 36.2 Å². The van der Waals surface area contributed by atoms with Crippen molar-refractivity contribution in [3.63, 3.8) is 0 Å². The third kappa shape index (κ3) is 4.29. The summed E-state index contributed by atoms with van der Waals surface area (Å²) in [6.45, 7) is 5.19. The summed E-state index contributed by atoms with van der Waals surface area (Å²) >= 11 is 0. The van der Waals surface area contributed by atoms with Crippen molar-refractivity contribution in [3.8, 4) is 5.82 Å². The van der Waals surface area contributed by atoms with Crippen LogP contribution in [0.15, 0.2) is 35.7 Å². The van der Waals surface area contributed by atoms with Crippen LogP contribution < -0.4 is 5.43 Å². The highest BCUT2D eigenvalue weighted by molar-refractivity contribution is 6.63. The maximum Gasteiger partial charge on any atom is 0.369 e. The summed E-state index contributed by atoms with van der Waals surface area (Å²) in [6, 6.07) is 5.10. The fourth-order valence-electron chi connectivity index (χ4n) is 2.82. The van der Waals surface area contributed by atoms with Gasteiger partial charge in [-0.3, -0.25) is 5.43 Å². The lowest BCUT2D eigenvalue weighted by Gasteiger charge is -2.32. The van der Waals surface area contributed by atoms with Crippen LogP contribution in [-0.2, 0) is 23.8 Å². The number of nitrogens with one attached hydrogen (secondary N) is 1. The Morgan fingerprint density at radius 3 is 2.60 bits per heavy atom. The van der Waals surface area contributed by atoms with Gasteiger partial charge in [0, 0.05) is 19.5 Å². The Balaban J connectivity index is 1.94. The number of anilines is 1. The first-order valence-electron chi connectivity index (χ1n) is 9.35. The van der Waals surface area contributed by atoms with Crippen LogP contribution in [0.25, 0.3) is 5.82 Å². The number of hydrazone groups is 1. The second-order valence-electron chi connectivity index (χ2n) is 6.46. The van der Waals surface area contributed by atoms with Crippen LogP contribution in [0.4, 0.5) is 5.82 Å². The molecule has 0 aliphatic carbocycles. The molecule has 2 aromatic heterocycles. The summed E-state index contributed by atoms with van der Waals surface area (Å²) in [5, 5.41) is 7.95. The van der Waals surface area contributed by atoms with Gasteiger partial charge in [0.25, 0.3) is 11.5 Å². The van der Waals surface area contributed by atoms with Gasteiger partial charge in [-0.15, -0.1) is 0 Å². The van der Waals surface area contributed by atoms with E-state index in [0.29, 0.717) is 18.7 Å². The van der Waals surface area contributed by atoms with Crippen molar-refractivity contribution in [1.82, 2.24) is 14.8 Å². The molecule has 0 aromatic carbocycles. The number of esters is 3. The van der Waals surface area contributed by atoms with Crippen molar-refractivity contribution < 1.29 is 28.6 Å². The summed E-state index contributed by atoms with van der Waals surface area (Å²) in [6.07, 6.45) is 3.81. The van der Waals surface area contributed by atoms with Crippen molar-refractivity contribution in [2.45, 2.75) is 39.4 Å². The third-order valence-corrected chi connectivity index (χ3v) is 4.11. The second kappa shape index (κ2) is 8.72. The molecule has 0 unspecified atom stereocenters. The number of carbonyl (C=O) groups excluding carboxylic acids is 3. The molecule has 1 aliphatic heterocycles. The highest BCUT2D eigenvalue weighted by Crippen LogP contribution is 2.25. The number of nitrogens with zero attached hydrogens (tertiary/aromatic N) is 4. The van der Waals surface area contributed by atoms with Gasteiger partial charge in [0.15, 0.2) is 11.6 Å². The van der Waals surface area contributed by atoms with E-state index in [9.17, 15) is 14.4 Å². The van der Waals surface area contributed by atoms with Gasteiger partial charge in [-0.2, -0.15) is 14.9 Å². The Morgan fingerprint density at radius 2 is 2.00 bits per heavy atom. The topological polar surface area (TPSA) is 134 Å². The maximum absolute atomic E-state index is 12.3. The van der Waals surface area contributed by atoms with E-state index in [0.717, 1.165) is 0 Å². The Morgan fingerprint density at radius 1 is 1.27 bits per heavy atom. The highest BCUT2D eigenvalue weighted by atomic mass is 16.7. The molecule has 0 atom stereocenters. The molecular formula is C19H21N5O6. The predicted octanol–water partition coefficient (Wildman–Crippen LogP) is 1.83. The Bertz CT molecular complexity index is 965. The summed E-state index contributed by atoms with van der Waals surface area (Å²) in [4.78, 5) is 41.1. The fraction of sp³-hybridized carbons (Fsp3) is 0.368. The molecule has 0 bridgehead atoms. The molecule has 0 spiro atoms. The minimum Gasteiger partial charge on any atom is -0.462 e. The summed E-state index contributed by atoms with van der Waals surface area (Å²) in [5.74, 6) is -3.44. The first-order valence-corrected chi connectivity index (χ1v) is 9.35. The smallest absolute Gasteiger partial charge is 0.369 e. The van der Waals surface area contributed by atoms with Crippen LogP contribution in [-0.4, -0.2) is 50.8 Å². The normalized spacial score (nSPS) is 18.4. The zero-order chi connectivity index (χ0) is 21.7. The van der Waals surface area contributed by atoms with Crippen LogP contribution in [0, 0.1) is 0 Å². The minimum atomic E-state index is -1.34. The molecule has 1 aliphatic rings. The van der Waals surface area contributed by atoms with E-state index < -0.39 is 29.4 Å². The monoisotopic (exact) mass is 415 g/mol. The molecule has 1 saturated heterocycles. The molecule has 0 saturated carbocycles. The number of hydrogen-bond donors (Lipinski definition) is 1. The average Bonchev–Trinajstić information content (AvgIpc) is 3.12. The van der Waals surface area contributed by atoms with Gasteiger partial charge < -0.3 is 14.2 Å². The zero-order valence-corrected chi connectivity index (χ0v) is 16.7.